The third-order valence-corrected chi connectivity index (χ3v) is 6.01. The molecule has 11 heteroatoms. The fourth-order valence-corrected chi connectivity index (χ4v) is 4.20. The van der Waals surface area contributed by atoms with Crippen LogP contribution in [0.15, 0.2) is 66.3 Å². The summed E-state index contributed by atoms with van der Waals surface area (Å²) in [7, 11) is 0. The topological polar surface area (TPSA) is 94.2 Å². The predicted octanol–water partition coefficient (Wildman–Crippen LogP) is 5.33. The molecule has 0 aliphatic heterocycles. The first-order valence-electron chi connectivity index (χ1n) is 9.83. The van der Waals surface area contributed by atoms with Gasteiger partial charge in [-0.05, 0) is 23.8 Å². The molecule has 33 heavy (non-hydrogen) atoms. The van der Waals surface area contributed by atoms with Gasteiger partial charge in [-0.15, -0.1) is 11.3 Å². The SMILES string of the molecule is O=C(CCn1cc([N+](=O)[O-])cn1)N(Cc1ccc(F)cc1)c1nc(-c2ccccc2Cl)cs1. The third kappa shape index (κ3) is 5.41. The zero-order valence-electron chi connectivity index (χ0n) is 17.1. The van der Waals surface area contributed by atoms with Gasteiger partial charge in [0.05, 0.1) is 17.2 Å². The quantitative estimate of drug-likeness (QED) is 0.248. The van der Waals surface area contributed by atoms with Crippen LogP contribution < -0.4 is 4.90 Å². The van der Waals surface area contributed by atoms with Crippen LogP contribution in [0, 0.1) is 15.9 Å². The van der Waals surface area contributed by atoms with Crippen LogP contribution in [0.25, 0.3) is 11.3 Å². The zero-order chi connectivity index (χ0) is 23.4. The van der Waals surface area contributed by atoms with E-state index in [2.05, 4.69) is 10.1 Å². The van der Waals surface area contributed by atoms with E-state index < -0.39 is 4.92 Å². The fraction of sp³-hybridized carbons (Fsp3) is 0.136. The lowest BCUT2D eigenvalue weighted by atomic mass is 10.2. The van der Waals surface area contributed by atoms with E-state index in [-0.39, 0.29) is 36.9 Å². The Morgan fingerprint density at radius 1 is 1.21 bits per heavy atom. The summed E-state index contributed by atoms with van der Waals surface area (Å²) < 4.78 is 14.7. The van der Waals surface area contributed by atoms with E-state index >= 15 is 0 Å². The summed E-state index contributed by atoms with van der Waals surface area (Å²) in [4.78, 5) is 29.6. The number of anilines is 1. The second-order valence-corrected chi connectivity index (χ2v) is 8.31. The molecule has 2 aromatic heterocycles. The Morgan fingerprint density at radius 3 is 2.67 bits per heavy atom. The minimum atomic E-state index is -0.544. The first-order valence-corrected chi connectivity index (χ1v) is 11.1. The number of amides is 1. The number of carbonyl (C=O) groups excluding carboxylic acids is 1. The van der Waals surface area contributed by atoms with Gasteiger partial charge in [0.25, 0.3) is 0 Å². The van der Waals surface area contributed by atoms with Crippen LogP contribution in [0.4, 0.5) is 15.2 Å². The highest BCUT2D eigenvalue weighted by Gasteiger charge is 2.21. The molecule has 0 bridgehead atoms. The molecule has 8 nitrogen and oxygen atoms in total. The number of carbonyl (C=O) groups is 1. The van der Waals surface area contributed by atoms with E-state index in [1.165, 1.54) is 39.2 Å². The van der Waals surface area contributed by atoms with Gasteiger partial charge < -0.3 is 0 Å². The number of halogens is 2. The molecule has 2 aromatic carbocycles. The zero-order valence-corrected chi connectivity index (χ0v) is 18.7. The number of nitrogens with zero attached hydrogens (tertiary/aromatic N) is 5. The molecule has 0 fully saturated rings. The third-order valence-electron chi connectivity index (χ3n) is 4.81. The van der Waals surface area contributed by atoms with Crippen LogP contribution >= 0.6 is 22.9 Å². The molecule has 0 saturated carbocycles. The Morgan fingerprint density at radius 2 is 1.97 bits per heavy atom. The molecule has 0 atom stereocenters. The standard InChI is InChI=1S/C22H17ClFN5O3S/c23-19-4-2-1-3-18(19)20-14-33-22(26-20)28(12-15-5-7-16(24)8-6-15)21(30)9-10-27-13-17(11-25-27)29(31)32/h1-8,11,13-14H,9-10,12H2. The van der Waals surface area contributed by atoms with E-state index in [1.807, 2.05) is 23.6 Å². The molecule has 0 unspecified atom stereocenters. The Bertz CT molecular complexity index is 1290. The molecule has 1 amide bonds. The summed E-state index contributed by atoms with van der Waals surface area (Å²) >= 11 is 7.58. The number of aryl methyl sites for hydroxylation is 1. The average molecular weight is 486 g/mol. The Balaban J connectivity index is 1.57. The number of rotatable bonds is 8. The van der Waals surface area contributed by atoms with Gasteiger partial charge in [0.2, 0.25) is 5.91 Å². The van der Waals surface area contributed by atoms with Gasteiger partial charge in [0.15, 0.2) is 5.13 Å². The monoisotopic (exact) mass is 485 g/mol. The van der Waals surface area contributed by atoms with E-state index in [4.69, 9.17) is 11.6 Å². The van der Waals surface area contributed by atoms with Crippen LogP contribution in [-0.2, 0) is 17.9 Å². The van der Waals surface area contributed by atoms with Gasteiger partial charge in [-0.25, -0.2) is 9.37 Å². The number of aromatic nitrogens is 3. The van der Waals surface area contributed by atoms with Crippen LogP contribution in [0.2, 0.25) is 5.02 Å². The number of benzene rings is 2. The van der Waals surface area contributed by atoms with Gasteiger partial charge >= 0.3 is 5.69 Å². The second kappa shape index (κ2) is 9.88. The number of thiazole rings is 1. The van der Waals surface area contributed by atoms with Gasteiger partial charge in [-0.2, -0.15) is 5.10 Å². The van der Waals surface area contributed by atoms with Crippen LogP contribution in [0.5, 0.6) is 0 Å². The summed E-state index contributed by atoms with van der Waals surface area (Å²) in [5.74, 6) is -0.621. The summed E-state index contributed by atoms with van der Waals surface area (Å²) in [6.45, 7) is 0.350. The number of nitro groups is 1. The van der Waals surface area contributed by atoms with Crippen LogP contribution in [-0.4, -0.2) is 25.6 Å². The first kappa shape index (κ1) is 22.6. The molecular formula is C22H17ClFN5O3S. The largest absolute Gasteiger partial charge is 0.306 e. The van der Waals surface area contributed by atoms with Gasteiger partial charge in [-0.1, -0.05) is 41.9 Å². The van der Waals surface area contributed by atoms with E-state index in [0.717, 1.165) is 17.3 Å². The molecule has 0 aliphatic rings. The van der Waals surface area contributed by atoms with Crippen molar-refractivity contribution in [2.24, 2.45) is 0 Å². The highest BCUT2D eigenvalue weighted by Crippen LogP contribution is 2.32. The van der Waals surface area contributed by atoms with Crippen molar-refractivity contribution in [1.29, 1.82) is 0 Å². The van der Waals surface area contributed by atoms with E-state index in [9.17, 15) is 19.3 Å². The Labute approximate surface area is 197 Å². The fourth-order valence-electron chi connectivity index (χ4n) is 3.13. The van der Waals surface area contributed by atoms with Crippen molar-refractivity contribution in [3.8, 4) is 11.3 Å². The summed E-state index contributed by atoms with van der Waals surface area (Å²) in [5.41, 5.74) is 1.98. The van der Waals surface area contributed by atoms with Crippen molar-refractivity contribution < 1.29 is 14.1 Å². The predicted molar refractivity (Wildman–Crippen MR) is 124 cm³/mol. The second-order valence-electron chi connectivity index (χ2n) is 7.07. The van der Waals surface area contributed by atoms with Gasteiger partial charge in [-0.3, -0.25) is 24.5 Å². The smallest absolute Gasteiger partial charge is 0.284 e. The summed E-state index contributed by atoms with van der Waals surface area (Å²) in [6, 6.07) is 13.2. The molecule has 0 N–H and O–H groups in total. The van der Waals surface area contributed by atoms with Crippen molar-refractivity contribution in [3.05, 3.63) is 92.8 Å². The Hall–Kier alpha value is -3.63. The summed E-state index contributed by atoms with van der Waals surface area (Å²) in [5, 5.41) is 17.6. The molecule has 4 rings (SSSR count). The molecule has 0 radical (unpaired) electrons. The molecule has 0 aliphatic carbocycles. The van der Waals surface area contributed by atoms with Crippen LogP contribution in [0.3, 0.4) is 0 Å². The lowest BCUT2D eigenvalue weighted by Crippen LogP contribution is -2.31. The molecule has 2 heterocycles. The van der Waals surface area contributed by atoms with Crippen molar-refractivity contribution in [2.75, 3.05) is 4.90 Å². The first-order chi connectivity index (χ1) is 15.9. The normalized spacial score (nSPS) is 10.8. The van der Waals surface area contributed by atoms with Crippen molar-refractivity contribution in [2.45, 2.75) is 19.5 Å². The maximum Gasteiger partial charge on any atom is 0.306 e. The van der Waals surface area contributed by atoms with E-state index in [1.54, 1.807) is 18.2 Å². The summed E-state index contributed by atoms with van der Waals surface area (Å²) in [6.07, 6.45) is 2.45. The maximum absolute atomic E-state index is 13.3. The lowest BCUT2D eigenvalue weighted by Gasteiger charge is -2.20. The van der Waals surface area contributed by atoms with Crippen molar-refractivity contribution >= 4 is 39.7 Å². The molecule has 0 spiro atoms. The highest BCUT2D eigenvalue weighted by molar-refractivity contribution is 7.14. The molecule has 168 valence electrons. The lowest BCUT2D eigenvalue weighted by molar-refractivity contribution is -0.385. The Kier molecular flexibility index (Phi) is 6.76. The molecule has 0 saturated heterocycles. The minimum absolute atomic E-state index is 0.0427. The number of hydrogen-bond acceptors (Lipinski definition) is 6. The number of hydrogen-bond donors (Lipinski definition) is 0. The highest BCUT2D eigenvalue weighted by atomic mass is 35.5. The average Bonchev–Trinajstić information content (AvgIpc) is 3.47. The van der Waals surface area contributed by atoms with Crippen molar-refractivity contribution in [3.63, 3.8) is 0 Å². The minimum Gasteiger partial charge on any atom is -0.284 e. The van der Waals surface area contributed by atoms with Crippen molar-refractivity contribution in [1.82, 2.24) is 14.8 Å². The van der Waals surface area contributed by atoms with Gasteiger partial charge in [0, 0.05) is 28.9 Å². The van der Waals surface area contributed by atoms with E-state index in [0.29, 0.717) is 15.8 Å². The molecular weight excluding hydrogens is 469 g/mol. The van der Waals surface area contributed by atoms with Crippen LogP contribution in [0.1, 0.15) is 12.0 Å². The van der Waals surface area contributed by atoms with Gasteiger partial charge in [0.1, 0.15) is 18.2 Å². The molecule has 4 aromatic rings. The maximum atomic E-state index is 13.3.